The van der Waals surface area contributed by atoms with Gasteiger partial charge in [-0.1, -0.05) is 49.9 Å². The third-order valence-electron chi connectivity index (χ3n) is 4.43. The van der Waals surface area contributed by atoms with Gasteiger partial charge in [0.05, 0.1) is 25.0 Å². The van der Waals surface area contributed by atoms with Crippen molar-refractivity contribution in [1.29, 1.82) is 0 Å². The Morgan fingerprint density at radius 2 is 2.00 bits per heavy atom. The molecule has 23 heavy (non-hydrogen) atoms. The fourth-order valence-electron chi connectivity index (χ4n) is 3.34. The third kappa shape index (κ3) is 2.76. The molecule has 0 bridgehead atoms. The van der Waals surface area contributed by atoms with Gasteiger partial charge in [-0.2, -0.15) is 5.06 Å². The number of aromatic amines is 1. The maximum Gasteiger partial charge on any atom is 0.126 e. The van der Waals surface area contributed by atoms with E-state index in [1.165, 1.54) is 16.3 Å². The molecule has 0 radical (unpaired) electrons. The number of rotatable bonds is 3. The lowest BCUT2D eigenvalue weighted by molar-refractivity contribution is -0.144. The van der Waals surface area contributed by atoms with Crippen LogP contribution in [0.25, 0.3) is 22.0 Å². The molecule has 4 nitrogen and oxygen atoms in total. The quantitative estimate of drug-likeness (QED) is 0.771. The Bertz CT molecular complexity index is 791. The maximum atomic E-state index is 5.44. The zero-order chi connectivity index (χ0) is 14.9. The summed E-state index contributed by atoms with van der Waals surface area (Å²) in [6.07, 6.45) is 4.16. The fourth-order valence-corrected chi connectivity index (χ4v) is 3.34. The average molecular weight is 309 g/mol. The molecule has 0 saturated carbocycles. The largest absolute Gasteiger partial charge is 0.341 e. The Morgan fingerprint density at radius 1 is 1.17 bits per heavy atom. The SMILES string of the molecule is C.CON1CCC[C@@H]1c1ncc(-c2cccc3ccccc23)[nH]1. The lowest BCUT2D eigenvalue weighted by Crippen LogP contribution is -2.22. The van der Waals surface area contributed by atoms with Gasteiger partial charge in [0.25, 0.3) is 0 Å². The third-order valence-corrected chi connectivity index (χ3v) is 4.43. The van der Waals surface area contributed by atoms with Crippen LogP contribution in [0.5, 0.6) is 0 Å². The van der Waals surface area contributed by atoms with Crippen LogP contribution >= 0.6 is 0 Å². The van der Waals surface area contributed by atoms with E-state index in [9.17, 15) is 0 Å². The standard InChI is InChI=1S/C18H19N3O.CH4/c1-22-21-11-5-10-17(21)18-19-12-16(20-18)15-9-4-7-13-6-2-3-8-14(13)15;/h2-4,6-9,12,17H,5,10-11H2,1H3,(H,19,20);1H4/t17-;/m1./s1. The van der Waals surface area contributed by atoms with Crippen molar-refractivity contribution < 1.29 is 4.84 Å². The van der Waals surface area contributed by atoms with Gasteiger partial charge in [0.15, 0.2) is 0 Å². The zero-order valence-electron chi connectivity index (χ0n) is 12.6. The highest BCUT2D eigenvalue weighted by Gasteiger charge is 2.28. The molecule has 2 aromatic carbocycles. The number of imidazole rings is 1. The van der Waals surface area contributed by atoms with E-state index in [-0.39, 0.29) is 13.5 Å². The van der Waals surface area contributed by atoms with Gasteiger partial charge in [-0.25, -0.2) is 4.98 Å². The lowest BCUT2D eigenvalue weighted by Gasteiger charge is -2.19. The first-order valence-electron chi connectivity index (χ1n) is 7.70. The Labute approximate surface area is 137 Å². The van der Waals surface area contributed by atoms with E-state index in [1.54, 1.807) is 7.11 Å². The summed E-state index contributed by atoms with van der Waals surface area (Å²) in [5, 5.41) is 4.50. The van der Waals surface area contributed by atoms with Crippen molar-refractivity contribution >= 4 is 10.8 Å². The summed E-state index contributed by atoms with van der Waals surface area (Å²) >= 11 is 0. The van der Waals surface area contributed by atoms with E-state index in [2.05, 4.69) is 52.4 Å². The van der Waals surface area contributed by atoms with E-state index in [0.717, 1.165) is 30.9 Å². The van der Waals surface area contributed by atoms with Gasteiger partial charge < -0.3 is 9.82 Å². The van der Waals surface area contributed by atoms with Crippen LogP contribution in [0.15, 0.2) is 48.7 Å². The second kappa shape index (κ2) is 6.52. The predicted molar refractivity (Wildman–Crippen MR) is 94.0 cm³/mol. The normalized spacial score (nSPS) is 18.2. The van der Waals surface area contributed by atoms with Gasteiger partial charge in [0.1, 0.15) is 5.82 Å². The van der Waals surface area contributed by atoms with Gasteiger partial charge in [-0.3, -0.25) is 0 Å². The van der Waals surface area contributed by atoms with Gasteiger partial charge in [0, 0.05) is 12.1 Å². The number of nitrogens with zero attached hydrogens (tertiary/aromatic N) is 2. The van der Waals surface area contributed by atoms with E-state index >= 15 is 0 Å². The van der Waals surface area contributed by atoms with Gasteiger partial charge in [-0.15, -0.1) is 0 Å². The minimum atomic E-state index is 0. The molecule has 0 amide bonds. The molecule has 1 aliphatic heterocycles. The zero-order valence-corrected chi connectivity index (χ0v) is 12.6. The van der Waals surface area contributed by atoms with Crippen LogP contribution < -0.4 is 0 Å². The first-order chi connectivity index (χ1) is 10.9. The summed E-state index contributed by atoms with van der Waals surface area (Å²) < 4.78 is 0. The molecule has 0 aliphatic carbocycles. The number of hydrogen-bond donors (Lipinski definition) is 1. The summed E-state index contributed by atoms with van der Waals surface area (Å²) in [5.74, 6) is 0.988. The molecular weight excluding hydrogens is 286 g/mol. The molecule has 1 aliphatic rings. The molecule has 1 saturated heterocycles. The van der Waals surface area contributed by atoms with Crippen LogP contribution in [-0.2, 0) is 4.84 Å². The minimum absolute atomic E-state index is 0. The van der Waals surface area contributed by atoms with Crippen molar-refractivity contribution in [3.63, 3.8) is 0 Å². The molecule has 3 aromatic rings. The van der Waals surface area contributed by atoms with Crippen LogP contribution in [0.1, 0.15) is 32.1 Å². The van der Waals surface area contributed by atoms with E-state index < -0.39 is 0 Å². The molecule has 0 spiro atoms. The smallest absolute Gasteiger partial charge is 0.126 e. The topological polar surface area (TPSA) is 41.1 Å². The number of nitrogens with one attached hydrogen (secondary N) is 1. The lowest BCUT2D eigenvalue weighted by atomic mass is 10.0. The Hall–Kier alpha value is -2.17. The highest BCUT2D eigenvalue weighted by atomic mass is 16.7. The molecule has 1 atom stereocenters. The number of aromatic nitrogens is 2. The molecule has 2 heterocycles. The maximum absolute atomic E-state index is 5.44. The highest BCUT2D eigenvalue weighted by molar-refractivity contribution is 5.95. The van der Waals surface area contributed by atoms with Gasteiger partial charge >= 0.3 is 0 Å². The molecule has 1 N–H and O–H groups in total. The van der Waals surface area contributed by atoms with E-state index in [0.29, 0.717) is 0 Å². The number of benzene rings is 2. The van der Waals surface area contributed by atoms with Crippen LogP contribution in [0.3, 0.4) is 0 Å². The molecule has 0 unspecified atom stereocenters. The fraction of sp³-hybridized carbons (Fsp3) is 0.316. The predicted octanol–water partition coefficient (Wildman–Crippen LogP) is 4.56. The highest BCUT2D eigenvalue weighted by Crippen LogP contribution is 2.32. The summed E-state index contributed by atoms with van der Waals surface area (Å²) in [5.41, 5.74) is 2.26. The summed E-state index contributed by atoms with van der Waals surface area (Å²) in [6.45, 7) is 0.964. The van der Waals surface area contributed by atoms with E-state index in [4.69, 9.17) is 4.84 Å². The van der Waals surface area contributed by atoms with Crippen molar-refractivity contribution in [2.24, 2.45) is 0 Å². The average Bonchev–Trinajstić information content (AvgIpc) is 3.22. The number of H-pyrrole nitrogens is 1. The van der Waals surface area contributed by atoms with E-state index in [1.807, 2.05) is 11.3 Å². The first-order valence-corrected chi connectivity index (χ1v) is 7.70. The molecule has 1 fully saturated rings. The van der Waals surface area contributed by atoms with Crippen molar-refractivity contribution in [3.05, 3.63) is 54.5 Å². The van der Waals surface area contributed by atoms with Crippen molar-refractivity contribution in [2.45, 2.75) is 26.3 Å². The number of hydroxylamine groups is 2. The van der Waals surface area contributed by atoms with Crippen LogP contribution in [0.2, 0.25) is 0 Å². The Kier molecular flexibility index (Phi) is 4.46. The van der Waals surface area contributed by atoms with Crippen LogP contribution in [0.4, 0.5) is 0 Å². The molecule has 4 rings (SSSR count). The summed E-state index contributed by atoms with van der Waals surface area (Å²) in [7, 11) is 1.73. The molecule has 120 valence electrons. The first kappa shape index (κ1) is 15.7. The Balaban J connectivity index is 0.00000156. The second-order valence-corrected chi connectivity index (χ2v) is 5.69. The molecular formula is C19H23N3O. The van der Waals surface area contributed by atoms with Crippen molar-refractivity contribution in [1.82, 2.24) is 15.0 Å². The molecule has 4 heteroatoms. The number of hydrogen-bond acceptors (Lipinski definition) is 3. The minimum Gasteiger partial charge on any atom is -0.341 e. The summed E-state index contributed by atoms with van der Waals surface area (Å²) in [4.78, 5) is 13.5. The monoisotopic (exact) mass is 309 g/mol. The Morgan fingerprint density at radius 3 is 2.87 bits per heavy atom. The van der Waals surface area contributed by atoms with Gasteiger partial charge in [-0.05, 0) is 23.6 Å². The summed E-state index contributed by atoms with van der Waals surface area (Å²) in [6, 6.07) is 15.0. The van der Waals surface area contributed by atoms with Crippen LogP contribution in [0, 0.1) is 0 Å². The van der Waals surface area contributed by atoms with Crippen molar-refractivity contribution in [2.75, 3.05) is 13.7 Å². The number of fused-ring (bicyclic) bond motifs is 1. The molecule has 1 aromatic heterocycles. The second-order valence-electron chi connectivity index (χ2n) is 5.69. The van der Waals surface area contributed by atoms with Crippen LogP contribution in [-0.4, -0.2) is 28.7 Å². The van der Waals surface area contributed by atoms with Crippen molar-refractivity contribution in [3.8, 4) is 11.3 Å². The van der Waals surface area contributed by atoms with Gasteiger partial charge in [0.2, 0.25) is 0 Å².